The van der Waals surface area contributed by atoms with Gasteiger partial charge in [0.15, 0.2) is 0 Å². The standard InChI is InChI=1S/C16H15Cl2NO2/c1-7-5-8(2)14-9(6-7)12(16(20)21)13-10(17)3-4-11(18)15(13)19-14/h3-4,7-8H,5-6H2,1-2H3,(H,20,21). The lowest BCUT2D eigenvalue weighted by molar-refractivity contribution is 0.0697. The molecule has 1 aliphatic carbocycles. The van der Waals surface area contributed by atoms with E-state index in [-0.39, 0.29) is 11.5 Å². The van der Waals surface area contributed by atoms with E-state index in [1.807, 2.05) is 0 Å². The van der Waals surface area contributed by atoms with Gasteiger partial charge in [0.2, 0.25) is 0 Å². The molecule has 21 heavy (non-hydrogen) atoms. The first kappa shape index (κ1) is 14.6. The van der Waals surface area contributed by atoms with Crippen LogP contribution in [0.15, 0.2) is 12.1 Å². The summed E-state index contributed by atoms with van der Waals surface area (Å²) in [5.41, 5.74) is 2.41. The second-order valence-corrected chi connectivity index (χ2v) is 6.67. The number of aromatic carboxylic acids is 1. The van der Waals surface area contributed by atoms with E-state index >= 15 is 0 Å². The maximum Gasteiger partial charge on any atom is 0.336 e. The fourth-order valence-electron chi connectivity index (χ4n) is 3.35. The summed E-state index contributed by atoms with van der Waals surface area (Å²) < 4.78 is 0. The molecule has 0 aliphatic heterocycles. The summed E-state index contributed by atoms with van der Waals surface area (Å²) in [6, 6.07) is 3.29. The summed E-state index contributed by atoms with van der Waals surface area (Å²) in [4.78, 5) is 16.5. The maximum atomic E-state index is 11.8. The number of carboxylic acids is 1. The third-order valence-corrected chi connectivity index (χ3v) is 4.78. The smallest absolute Gasteiger partial charge is 0.336 e. The van der Waals surface area contributed by atoms with Crippen LogP contribution in [-0.2, 0) is 6.42 Å². The lowest BCUT2D eigenvalue weighted by Gasteiger charge is -2.28. The predicted molar refractivity (Wildman–Crippen MR) is 84.6 cm³/mol. The van der Waals surface area contributed by atoms with Crippen molar-refractivity contribution >= 4 is 40.1 Å². The second-order valence-electron chi connectivity index (χ2n) is 5.85. The molecule has 1 aromatic carbocycles. The molecule has 0 radical (unpaired) electrons. The number of carbonyl (C=O) groups is 1. The van der Waals surface area contributed by atoms with Crippen LogP contribution in [0, 0.1) is 5.92 Å². The van der Waals surface area contributed by atoms with Gasteiger partial charge < -0.3 is 5.11 Å². The number of nitrogens with zero attached hydrogens (tertiary/aromatic N) is 1. The molecule has 0 saturated carbocycles. The number of hydrogen-bond donors (Lipinski definition) is 1. The first-order valence-electron chi connectivity index (χ1n) is 6.94. The van der Waals surface area contributed by atoms with Gasteiger partial charge in [-0.3, -0.25) is 4.98 Å². The molecule has 0 fully saturated rings. The minimum absolute atomic E-state index is 0.223. The fraction of sp³-hybridized carbons (Fsp3) is 0.375. The third kappa shape index (κ3) is 2.29. The Morgan fingerprint density at radius 2 is 1.95 bits per heavy atom. The van der Waals surface area contributed by atoms with Crippen molar-refractivity contribution in [3.63, 3.8) is 0 Å². The second kappa shape index (κ2) is 5.15. The van der Waals surface area contributed by atoms with E-state index in [0.717, 1.165) is 17.7 Å². The lowest BCUT2D eigenvalue weighted by Crippen LogP contribution is -2.20. The van der Waals surface area contributed by atoms with Gasteiger partial charge in [-0.1, -0.05) is 37.0 Å². The average Bonchev–Trinajstić information content (AvgIpc) is 2.41. The lowest BCUT2D eigenvalue weighted by atomic mass is 9.79. The number of hydrogen-bond acceptors (Lipinski definition) is 2. The SMILES string of the molecule is CC1Cc2c(nc3c(Cl)ccc(Cl)c3c2C(=O)O)C(C)C1. The Morgan fingerprint density at radius 1 is 1.29 bits per heavy atom. The summed E-state index contributed by atoms with van der Waals surface area (Å²) >= 11 is 12.4. The third-order valence-electron chi connectivity index (χ3n) is 4.16. The highest BCUT2D eigenvalue weighted by Crippen LogP contribution is 2.41. The zero-order valence-electron chi connectivity index (χ0n) is 11.8. The van der Waals surface area contributed by atoms with Gasteiger partial charge in [-0.15, -0.1) is 0 Å². The van der Waals surface area contributed by atoms with Crippen LogP contribution in [0.5, 0.6) is 0 Å². The summed E-state index contributed by atoms with van der Waals surface area (Å²) in [6.07, 6.45) is 1.72. The van der Waals surface area contributed by atoms with E-state index in [4.69, 9.17) is 23.2 Å². The zero-order valence-corrected chi connectivity index (χ0v) is 13.3. The van der Waals surface area contributed by atoms with E-state index < -0.39 is 5.97 Å². The topological polar surface area (TPSA) is 50.2 Å². The highest BCUT2D eigenvalue weighted by Gasteiger charge is 2.30. The Bertz CT molecular complexity index is 758. The molecular formula is C16H15Cl2NO2. The van der Waals surface area contributed by atoms with Gasteiger partial charge in [-0.05, 0) is 42.4 Å². The minimum Gasteiger partial charge on any atom is -0.478 e. The van der Waals surface area contributed by atoms with Gasteiger partial charge in [0.25, 0.3) is 0 Å². The van der Waals surface area contributed by atoms with Crippen molar-refractivity contribution in [2.24, 2.45) is 5.92 Å². The summed E-state index contributed by atoms with van der Waals surface area (Å²) in [5.74, 6) is -0.312. The Morgan fingerprint density at radius 3 is 2.62 bits per heavy atom. The normalized spacial score (nSPS) is 21.3. The Labute approximate surface area is 132 Å². The maximum absolute atomic E-state index is 11.8. The first-order chi connectivity index (χ1) is 9.90. The number of pyridine rings is 1. The molecule has 1 heterocycles. The van der Waals surface area contributed by atoms with Gasteiger partial charge in [0.1, 0.15) is 0 Å². The number of carboxylic acid groups (broad SMARTS) is 1. The van der Waals surface area contributed by atoms with Crippen molar-refractivity contribution in [2.45, 2.75) is 32.6 Å². The fourth-order valence-corrected chi connectivity index (χ4v) is 3.80. The van der Waals surface area contributed by atoms with E-state index in [1.54, 1.807) is 12.1 Å². The molecule has 2 aromatic rings. The molecule has 110 valence electrons. The minimum atomic E-state index is -0.968. The monoisotopic (exact) mass is 323 g/mol. The summed E-state index contributed by atoms with van der Waals surface area (Å²) in [5, 5.41) is 11.0. The van der Waals surface area contributed by atoms with E-state index in [9.17, 15) is 9.90 Å². The van der Waals surface area contributed by atoms with Crippen LogP contribution in [0.1, 0.15) is 47.8 Å². The van der Waals surface area contributed by atoms with Crippen LogP contribution >= 0.6 is 23.2 Å². The molecule has 2 atom stereocenters. The Kier molecular flexibility index (Phi) is 3.58. The first-order valence-corrected chi connectivity index (χ1v) is 7.69. The van der Waals surface area contributed by atoms with Crippen LogP contribution in [0.4, 0.5) is 0 Å². The van der Waals surface area contributed by atoms with Gasteiger partial charge >= 0.3 is 5.97 Å². The van der Waals surface area contributed by atoms with Gasteiger partial charge in [0, 0.05) is 11.1 Å². The Hall–Kier alpha value is -1.32. The summed E-state index contributed by atoms with van der Waals surface area (Å²) in [7, 11) is 0. The molecule has 1 aliphatic rings. The number of halogens is 2. The molecule has 0 amide bonds. The van der Waals surface area contributed by atoms with Gasteiger partial charge in [-0.25, -0.2) is 4.79 Å². The Balaban J connectivity index is 2.48. The molecule has 1 aromatic heterocycles. The zero-order chi connectivity index (χ0) is 15.3. The van der Waals surface area contributed by atoms with Crippen LogP contribution in [-0.4, -0.2) is 16.1 Å². The molecule has 3 nitrogen and oxygen atoms in total. The largest absolute Gasteiger partial charge is 0.478 e. The van der Waals surface area contributed by atoms with E-state index in [1.165, 1.54) is 0 Å². The number of aromatic nitrogens is 1. The quantitative estimate of drug-likeness (QED) is 0.809. The van der Waals surface area contributed by atoms with Crippen LogP contribution in [0.2, 0.25) is 10.0 Å². The molecular weight excluding hydrogens is 309 g/mol. The van der Waals surface area contributed by atoms with Crippen molar-refractivity contribution in [2.75, 3.05) is 0 Å². The molecule has 0 bridgehead atoms. The molecule has 3 rings (SSSR count). The number of rotatable bonds is 1. The van der Waals surface area contributed by atoms with Crippen LogP contribution in [0.25, 0.3) is 10.9 Å². The molecule has 0 saturated heterocycles. The van der Waals surface area contributed by atoms with Crippen molar-refractivity contribution in [1.82, 2.24) is 4.98 Å². The molecule has 1 N–H and O–H groups in total. The molecule has 2 unspecified atom stereocenters. The average molecular weight is 324 g/mol. The van der Waals surface area contributed by atoms with E-state index in [2.05, 4.69) is 18.8 Å². The van der Waals surface area contributed by atoms with Gasteiger partial charge in [0.05, 0.1) is 21.1 Å². The van der Waals surface area contributed by atoms with E-state index in [0.29, 0.717) is 33.3 Å². The molecule has 0 spiro atoms. The van der Waals surface area contributed by atoms with Crippen molar-refractivity contribution in [1.29, 1.82) is 0 Å². The molecule has 5 heteroatoms. The van der Waals surface area contributed by atoms with Crippen LogP contribution < -0.4 is 0 Å². The van der Waals surface area contributed by atoms with Crippen LogP contribution in [0.3, 0.4) is 0 Å². The number of benzene rings is 1. The van der Waals surface area contributed by atoms with Crippen molar-refractivity contribution < 1.29 is 9.90 Å². The highest BCUT2D eigenvalue weighted by molar-refractivity contribution is 6.41. The van der Waals surface area contributed by atoms with Gasteiger partial charge in [-0.2, -0.15) is 0 Å². The summed E-state index contributed by atoms with van der Waals surface area (Å²) in [6.45, 7) is 4.21. The predicted octanol–water partition coefficient (Wildman–Crippen LogP) is 4.93. The highest BCUT2D eigenvalue weighted by atomic mass is 35.5. The van der Waals surface area contributed by atoms with Crippen molar-refractivity contribution in [3.8, 4) is 0 Å². The van der Waals surface area contributed by atoms with Crippen molar-refractivity contribution in [3.05, 3.63) is 39.0 Å². The number of fused-ring (bicyclic) bond motifs is 2.